The molecule has 14 nitrogen and oxygen atoms in total. The van der Waals surface area contributed by atoms with E-state index in [1.807, 2.05) is 0 Å². The summed E-state index contributed by atoms with van der Waals surface area (Å²) in [5.41, 5.74) is 5.06. The number of nitrogens with zero attached hydrogens (tertiary/aromatic N) is 7. The summed E-state index contributed by atoms with van der Waals surface area (Å²) in [5, 5.41) is 21.6. The summed E-state index contributed by atoms with van der Waals surface area (Å²) in [6.07, 6.45) is 5.89. The van der Waals surface area contributed by atoms with E-state index in [-0.39, 0.29) is 30.8 Å². The van der Waals surface area contributed by atoms with Crippen molar-refractivity contribution in [2.24, 2.45) is 21.8 Å². The second-order valence-corrected chi connectivity index (χ2v) is 12.8. The van der Waals surface area contributed by atoms with Gasteiger partial charge in [0.2, 0.25) is 22.9 Å². The van der Waals surface area contributed by atoms with Crippen LogP contribution < -0.4 is 14.8 Å². The van der Waals surface area contributed by atoms with Crippen LogP contribution in [0.3, 0.4) is 0 Å². The Morgan fingerprint density at radius 1 is 0.759 bits per heavy atom. The van der Waals surface area contributed by atoms with Gasteiger partial charge in [-0.3, -0.25) is 19.6 Å². The van der Waals surface area contributed by atoms with Crippen LogP contribution in [-0.2, 0) is 22.7 Å². The van der Waals surface area contributed by atoms with Gasteiger partial charge >= 0.3 is 0 Å². The number of fused-ring (bicyclic) bond motifs is 2. The third-order valence-corrected chi connectivity index (χ3v) is 8.69. The number of aromatic hydroxyl groups is 2. The summed E-state index contributed by atoms with van der Waals surface area (Å²) in [5.74, 6) is 3.44. The smallest absolute Gasteiger partial charge is 0.245 e. The molecule has 54 heavy (non-hydrogen) atoms. The number of aliphatic imine (C=N–C) groups is 2. The number of hydrogen-bond acceptors (Lipinski definition) is 13. The number of amides is 1. The number of allylic oxidation sites excluding steroid dienone is 1. The number of carbonyl (C=O) groups is 2. The zero-order chi connectivity index (χ0) is 37.3. The fraction of sp³-hybridized carbons (Fsp3) is 0.282. The number of halogens is 1. The molecule has 8 rings (SSSR count). The first-order valence-corrected chi connectivity index (χ1v) is 17.2. The van der Waals surface area contributed by atoms with Crippen molar-refractivity contribution in [3.05, 3.63) is 96.4 Å². The van der Waals surface area contributed by atoms with Crippen LogP contribution in [0.4, 0.5) is 0 Å². The maximum atomic E-state index is 11.5. The molecule has 4 aliphatic rings. The predicted octanol–water partition coefficient (Wildman–Crippen LogP) is 4.76. The van der Waals surface area contributed by atoms with Crippen LogP contribution >= 0.6 is 11.6 Å². The first kappa shape index (κ1) is 39.2. The van der Waals surface area contributed by atoms with Crippen molar-refractivity contribution < 1.29 is 29.3 Å². The van der Waals surface area contributed by atoms with Crippen LogP contribution in [0.1, 0.15) is 29.9 Å². The Hall–Kier alpha value is -5.99. The van der Waals surface area contributed by atoms with Gasteiger partial charge in [0, 0.05) is 61.6 Å². The Morgan fingerprint density at radius 2 is 1.20 bits per heavy atom. The first-order chi connectivity index (χ1) is 25.7. The molecule has 0 unspecified atom stereocenters. The number of likely N-dealkylation sites (tertiary alicyclic amines) is 1. The van der Waals surface area contributed by atoms with Gasteiger partial charge in [-0.2, -0.15) is 9.97 Å². The normalized spacial score (nSPS) is 14.7. The average molecular weight is 753 g/mol. The van der Waals surface area contributed by atoms with Gasteiger partial charge in [0.05, 0.1) is 48.8 Å². The molecular formula is C39H41ClN8O6. The van der Waals surface area contributed by atoms with E-state index in [1.165, 1.54) is 6.08 Å². The lowest BCUT2D eigenvalue weighted by atomic mass is 10.0. The minimum atomic E-state index is -0.509. The van der Waals surface area contributed by atoms with Crippen molar-refractivity contribution in [1.29, 1.82) is 0 Å². The first-order valence-electron chi connectivity index (χ1n) is 16.8. The summed E-state index contributed by atoms with van der Waals surface area (Å²) in [6, 6.07) is 13.6. The Bertz CT molecular complexity index is 2050. The van der Waals surface area contributed by atoms with Crippen molar-refractivity contribution >= 4 is 35.2 Å². The van der Waals surface area contributed by atoms with Crippen LogP contribution in [0.25, 0.3) is 22.8 Å². The number of phenols is 2. The van der Waals surface area contributed by atoms with E-state index in [0.29, 0.717) is 68.7 Å². The highest BCUT2D eigenvalue weighted by atomic mass is 35.5. The molecule has 0 radical (unpaired) electrons. The standard InChI is InChI=1S/C19H18N4O3.C16H16N4O2.C3H3ClO.CH4/c1-2-17(25)23-9-12(10-23)11-26-19-15-7-20-8-16(15)21-18(22-19)13-3-5-14(24)6-4-13;21-12-3-1-11(2-4-12)15-19-14-8-18-7-13(14)16(20-15)22-9-10-5-17-6-10;1-2-3(4)5;/h2-7,12,24H,1,8-11H2;1-4,7,10,17,21H,5-6,8-9H2;2H,1H2;1H4. The van der Waals surface area contributed by atoms with Gasteiger partial charge in [-0.05, 0) is 72.3 Å². The molecule has 0 atom stereocenters. The van der Waals surface area contributed by atoms with Crippen LogP contribution in [0.5, 0.6) is 23.3 Å². The second kappa shape index (κ2) is 18.2. The van der Waals surface area contributed by atoms with Gasteiger partial charge in [0.25, 0.3) is 0 Å². The summed E-state index contributed by atoms with van der Waals surface area (Å²) in [6.45, 7) is 12.1. The van der Waals surface area contributed by atoms with Crippen LogP contribution in [0, 0.1) is 11.8 Å². The Balaban J connectivity index is 0.000000184. The largest absolute Gasteiger partial charge is 0.508 e. The highest BCUT2D eigenvalue weighted by Gasteiger charge is 2.30. The fourth-order valence-electron chi connectivity index (χ4n) is 5.48. The van der Waals surface area contributed by atoms with Crippen molar-refractivity contribution in [2.75, 3.05) is 39.4 Å². The van der Waals surface area contributed by atoms with Gasteiger partial charge in [-0.15, -0.1) is 0 Å². The zero-order valence-corrected chi connectivity index (χ0v) is 29.4. The van der Waals surface area contributed by atoms with Gasteiger partial charge in [-0.25, -0.2) is 9.97 Å². The summed E-state index contributed by atoms with van der Waals surface area (Å²) < 4.78 is 11.9. The number of rotatable bonds is 10. The van der Waals surface area contributed by atoms with E-state index in [4.69, 9.17) is 21.1 Å². The minimum absolute atomic E-state index is 0. The van der Waals surface area contributed by atoms with Crippen LogP contribution in [0.2, 0.25) is 0 Å². The highest BCUT2D eigenvalue weighted by Crippen LogP contribution is 2.29. The number of carbonyl (C=O) groups excluding carboxylic acids is 2. The number of nitrogens with one attached hydrogen (secondary N) is 1. The van der Waals surface area contributed by atoms with E-state index < -0.39 is 5.24 Å². The molecule has 6 heterocycles. The Labute approximate surface area is 318 Å². The Kier molecular flexibility index (Phi) is 13.2. The van der Waals surface area contributed by atoms with E-state index >= 15 is 0 Å². The summed E-state index contributed by atoms with van der Waals surface area (Å²) >= 11 is 4.71. The van der Waals surface area contributed by atoms with Gasteiger partial charge < -0.3 is 29.9 Å². The lowest BCUT2D eigenvalue weighted by Gasteiger charge is -2.38. The van der Waals surface area contributed by atoms with Crippen LogP contribution in [-0.4, -0.2) is 98.0 Å². The SMILES string of the molecule is C.C=CC(=O)Cl.C=CC(=O)N1CC(COc2nc(-c3ccc(O)cc3)nc3c2C=NC3)C1.Oc1ccc(-c2nc3c(c(OCC4CNC4)n2)C=NC3)cc1. The molecule has 4 aromatic rings. The zero-order valence-electron chi connectivity index (χ0n) is 28.7. The highest BCUT2D eigenvalue weighted by molar-refractivity contribution is 6.66. The number of hydrogen-bond donors (Lipinski definition) is 3. The lowest BCUT2D eigenvalue weighted by Crippen LogP contribution is -2.51. The molecule has 2 saturated heterocycles. The van der Waals surface area contributed by atoms with E-state index in [2.05, 4.69) is 48.4 Å². The van der Waals surface area contributed by atoms with Crippen molar-refractivity contribution in [2.45, 2.75) is 20.5 Å². The summed E-state index contributed by atoms with van der Waals surface area (Å²) in [7, 11) is 0. The topological polar surface area (TPSA) is 185 Å². The summed E-state index contributed by atoms with van der Waals surface area (Å²) in [4.78, 5) is 49.4. The quantitative estimate of drug-likeness (QED) is 0.150. The van der Waals surface area contributed by atoms with Gasteiger partial charge in [0.15, 0.2) is 11.6 Å². The third-order valence-electron chi connectivity index (χ3n) is 8.53. The molecule has 0 spiro atoms. The van der Waals surface area contributed by atoms with Gasteiger partial charge in [-0.1, -0.05) is 20.6 Å². The molecule has 280 valence electrons. The predicted molar refractivity (Wildman–Crippen MR) is 206 cm³/mol. The Morgan fingerprint density at radius 3 is 1.59 bits per heavy atom. The third kappa shape index (κ3) is 9.70. The molecule has 0 bridgehead atoms. The average Bonchev–Trinajstić information content (AvgIpc) is 3.81. The molecule has 1 amide bonds. The molecule has 4 aliphatic heterocycles. The fourth-order valence-corrected chi connectivity index (χ4v) is 5.48. The van der Waals surface area contributed by atoms with E-state index in [0.717, 1.165) is 52.8 Å². The van der Waals surface area contributed by atoms with Crippen molar-refractivity contribution in [3.63, 3.8) is 0 Å². The molecule has 3 N–H and O–H groups in total. The molecule has 15 heteroatoms. The molecule has 0 aliphatic carbocycles. The van der Waals surface area contributed by atoms with E-state index in [9.17, 15) is 19.8 Å². The monoisotopic (exact) mass is 752 g/mol. The van der Waals surface area contributed by atoms with Crippen molar-refractivity contribution in [3.8, 4) is 46.0 Å². The second-order valence-electron chi connectivity index (χ2n) is 12.4. The molecule has 0 saturated carbocycles. The van der Waals surface area contributed by atoms with E-state index in [1.54, 1.807) is 65.9 Å². The lowest BCUT2D eigenvalue weighted by molar-refractivity contribution is -0.132. The van der Waals surface area contributed by atoms with Crippen molar-refractivity contribution in [1.82, 2.24) is 30.2 Å². The van der Waals surface area contributed by atoms with Gasteiger partial charge in [0.1, 0.15) is 11.5 Å². The molecule has 2 aromatic heterocycles. The number of phenolic OH excluding ortho intramolecular Hbond substituents is 2. The number of ether oxygens (including phenoxy) is 2. The minimum Gasteiger partial charge on any atom is -0.508 e. The number of aromatic nitrogens is 4. The molecule has 2 fully saturated rings. The number of benzene rings is 2. The molecule has 2 aromatic carbocycles. The maximum absolute atomic E-state index is 11.5. The van der Waals surface area contributed by atoms with Crippen LogP contribution in [0.15, 0.2) is 83.8 Å². The maximum Gasteiger partial charge on any atom is 0.245 e. The molecular weight excluding hydrogens is 712 g/mol.